The number of hydrogen-bond acceptors (Lipinski definition) is 6. The molecule has 0 aliphatic carbocycles. The minimum absolute atomic E-state index is 0.0623. The van der Waals surface area contributed by atoms with Gasteiger partial charge >= 0.3 is 5.97 Å². The molecule has 1 aromatic heterocycles. The number of esters is 1. The summed E-state index contributed by atoms with van der Waals surface area (Å²) in [5.41, 5.74) is -0.107. The maximum absolute atomic E-state index is 13.8. The zero-order valence-electron chi connectivity index (χ0n) is 14.1. The van der Waals surface area contributed by atoms with Gasteiger partial charge in [0.1, 0.15) is 11.6 Å². The summed E-state index contributed by atoms with van der Waals surface area (Å²) in [6, 6.07) is 3.67. The molecule has 132 valence electrons. The normalized spacial score (nSPS) is 11.6. The molecule has 2 aromatic rings. The van der Waals surface area contributed by atoms with Crippen LogP contribution in [0.15, 0.2) is 44.0 Å². The van der Waals surface area contributed by atoms with Gasteiger partial charge in [-0.25, -0.2) is 9.18 Å². The smallest absolute Gasteiger partial charge is 0.341 e. The fraction of sp³-hybridized carbons (Fsp3) is 0.278. The molecule has 0 unspecified atom stereocenters. The molecule has 0 amide bonds. The summed E-state index contributed by atoms with van der Waals surface area (Å²) < 4.78 is 24.2. The first-order valence-electron chi connectivity index (χ1n) is 7.58. The van der Waals surface area contributed by atoms with E-state index in [2.05, 4.69) is 0 Å². The molecule has 7 heteroatoms. The number of carbonyl (C=O) groups excluding carboxylic acids is 2. The number of Topliss-reactive ketones (excluding diaryl/α,β-unsaturated/α-hetero) is 1. The van der Waals surface area contributed by atoms with Crippen LogP contribution in [0.1, 0.15) is 19.6 Å². The Hall–Kier alpha value is -2.41. The van der Waals surface area contributed by atoms with Gasteiger partial charge in [-0.2, -0.15) is 0 Å². The molecule has 0 N–H and O–H groups in total. The highest BCUT2D eigenvalue weighted by Gasteiger charge is 2.16. The highest BCUT2D eigenvalue weighted by Crippen LogP contribution is 2.28. The summed E-state index contributed by atoms with van der Waals surface area (Å²) >= 11 is 1.15. The van der Waals surface area contributed by atoms with Crippen LogP contribution in [0.5, 0.6) is 0 Å². The predicted molar refractivity (Wildman–Crippen MR) is 93.3 cm³/mol. The molecular formula is C18H17FO5S. The standard InChI is InChI=1S/C18H17FO5S/c1-4-23-18(22)13(11(3)20)5-6-25-16-9-12(19)8-14-15(21)7-10(2)24-17(14)16/h5,7-9H,4,6H2,1-3H3/b13-5-. The summed E-state index contributed by atoms with van der Waals surface area (Å²) in [4.78, 5) is 35.7. The van der Waals surface area contributed by atoms with Crippen LogP contribution < -0.4 is 5.43 Å². The maximum atomic E-state index is 13.8. The fourth-order valence-electron chi connectivity index (χ4n) is 2.21. The molecule has 1 aromatic carbocycles. The van der Waals surface area contributed by atoms with Crippen molar-refractivity contribution in [3.8, 4) is 0 Å². The second-order valence-electron chi connectivity index (χ2n) is 5.21. The Bertz CT molecular complexity index is 914. The molecule has 5 nitrogen and oxygen atoms in total. The highest BCUT2D eigenvalue weighted by atomic mass is 32.2. The number of hydrogen-bond donors (Lipinski definition) is 0. The van der Waals surface area contributed by atoms with Crippen LogP contribution in [0.3, 0.4) is 0 Å². The van der Waals surface area contributed by atoms with E-state index in [1.54, 1.807) is 13.8 Å². The van der Waals surface area contributed by atoms with E-state index >= 15 is 0 Å². The Kier molecular flexibility index (Phi) is 6.14. The first-order valence-corrected chi connectivity index (χ1v) is 8.57. The lowest BCUT2D eigenvalue weighted by Crippen LogP contribution is -2.14. The number of benzene rings is 1. The van der Waals surface area contributed by atoms with Crippen molar-refractivity contribution in [2.24, 2.45) is 0 Å². The molecule has 0 aliphatic rings. The number of aryl methyl sites for hydroxylation is 1. The molecule has 0 saturated heterocycles. The highest BCUT2D eigenvalue weighted by molar-refractivity contribution is 7.99. The van der Waals surface area contributed by atoms with Crippen molar-refractivity contribution in [1.82, 2.24) is 0 Å². The Labute approximate surface area is 147 Å². The first kappa shape index (κ1) is 18.9. The van der Waals surface area contributed by atoms with Crippen LogP contribution in [0.2, 0.25) is 0 Å². The number of ketones is 1. The number of carbonyl (C=O) groups is 2. The van der Waals surface area contributed by atoms with E-state index in [1.165, 1.54) is 25.1 Å². The van der Waals surface area contributed by atoms with Crippen LogP contribution in [0.4, 0.5) is 4.39 Å². The van der Waals surface area contributed by atoms with Crippen molar-refractivity contribution >= 4 is 34.5 Å². The molecule has 2 rings (SSSR count). The Morgan fingerprint density at radius 2 is 2.04 bits per heavy atom. The second kappa shape index (κ2) is 8.11. The average molecular weight is 364 g/mol. The first-order chi connectivity index (χ1) is 11.8. The van der Waals surface area contributed by atoms with Gasteiger partial charge in [0.05, 0.1) is 22.5 Å². The van der Waals surface area contributed by atoms with Gasteiger partial charge in [0.25, 0.3) is 0 Å². The lowest BCUT2D eigenvalue weighted by molar-refractivity contribution is -0.139. The van der Waals surface area contributed by atoms with E-state index in [0.717, 1.165) is 17.8 Å². The molecule has 0 atom stereocenters. The third-order valence-electron chi connectivity index (χ3n) is 3.28. The van der Waals surface area contributed by atoms with Gasteiger partial charge in [-0.15, -0.1) is 11.8 Å². The van der Waals surface area contributed by atoms with Crippen molar-refractivity contribution in [2.45, 2.75) is 25.7 Å². The largest absolute Gasteiger partial charge is 0.462 e. The number of halogens is 1. The Morgan fingerprint density at radius 1 is 1.32 bits per heavy atom. The number of fused-ring (bicyclic) bond motifs is 1. The fourth-order valence-corrected chi connectivity index (χ4v) is 3.12. The number of ether oxygens (including phenoxy) is 1. The van der Waals surface area contributed by atoms with Gasteiger partial charge in [-0.3, -0.25) is 9.59 Å². The topological polar surface area (TPSA) is 73.6 Å². The molecule has 0 spiro atoms. The van der Waals surface area contributed by atoms with E-state index in [-0.39, 0.29) is 34.3 Å². The van der Waals surface area contributed by atoms with Crippen molar-refractivity contribution in [1.29, 1.82) is 0 Å². The lowest BCUT2D eigenvalue weighted by Gasteiger charge is -2.06. The average Bonchev–Trinajstić information content (AvgIpc) is 2.52. The van der Waals surface area contributed by atoms with Gasteiger partial charge in [0.15, 0.2) is 16.8 Å². The molecule has 0 fully saturated rings. The number of rotatable bonds is 6. The molecule has 1 heterocycles. The molecule has 0 radical (unpaired) electrons. The molecule has 0 aliphatic heterocycles. The molecular weight excluding hydrogens is 347 g/mol. The van der Waals surface area contributed by atoms with Crippen LogP contribution in [0.25, 0.3) is 11.0 Å². The van der Waals surface area contributed by atoms with Gasteiger partial charge < -0.3 is 9.15 Å². The SMILES string of the molecule is CCOC(=O)/C(=C\CSc1cc(F)cc2c(=O)cc(C)oc12)C(C)=O. The van der Waals surface area contributed by atoms with Gasteiger partial charge in [0.2, 0.25) is 0 Å². The number of thioether (sulfide) groups is 1. The summed E-state index contributed by atoms with van der Waals surface area (Å²) in [5, 5.41) is 0.147. The molecule has 0 saturated carbocycles. The van der Waals surface area contributed by atoms with Crippen LogP contribution in [-0.4, -0.2) is 24.1 Å². The summed E-state index contributed by atoms with van der Waals surface area (Å²) in [5.74, 6) is -1.04. The van der Waals surface area contributed by atoms with Crippen molar-refractivity contribution in [2.75, 3.05) is 12.4 Å². The Balaban J connectivity index is 2.34. The monoisotopic (exact) mass is 364 g/mol. The van der Waals surface area contributed by atoms with Crippen LogP contribution in [0, 0.1) is 12.7 Å². The Morgan fingerprint density at radius 3 is 2.68 bits per heavy atom. The van der Waals surface area contributed by atoms with Crippen LogP contribution in [-0.2, 0) is 14.3 Å². The lowest BCUT2D eigenvalue weighted by atomic mass is 10.2. The van der Waals surface area contributed by atoms with Gasteiger partial charge in [0, 0.05) is 11.8 Å². The zero-order chi connectivity index (χ0) is 18.6. The van der Waals surface area contributed by atoms with Crippen molar-refractivity contribution in [3.63, 3.8) is 0 Å². The van der Waals surface area contributed by atoms with Gasteiger partial charge in [-0.05, 0) is 32.9 Å². The predicted octanol–water partition coefficient (Wildman–Crippen LogP) is 3.41. The van der Waals surface area contributed by atoms with E-state index in [0.29, 0.717) is 10.7 Å². The van der Waals surface area contributed by atoms with Crippen LogP contribution >= 0.6 is 11.8 Å². The summed E-state index contributed by atoms with van der Waals surface area (Å²) in [6.07, 6.45) is 1.43. The maximum Gasteiger partial charge on any atom is 0.341 e. The third kappa shape index (κ3) is 4.57. The second-order valence-corrected chi connectivity index (χ2v) is 6.27. The van der Waals surface area contributed by atoms with Gasteiger partial charge in [-0.1, -0.05) is 6.08 Å². The van der Waals surface area contributed by atoms with E-state index in [1.807, 2.05) is 0 Å². The minimum Gasteiger partial charge on any atom is -0.462 e. The van der Waals surface area contributed by atoms with E-state index < -0.39 is 17.6 Å². The molecule has 0 bridgehead atoms. The third-order valence-corrected chi connectivity index (χ3v) is 4.23. The minimum atomic E-state index is -0.693. The van der Waals surface area contributed by atoms with E-state index in [4.69, 9.17) is 9.15 Å². The summed E-state index contributed by atoms with van der Waals surface area (Å²) in [7, 11) is 0. The molecule has 25 heavy (non-hydrogen) atoms. The quantitative estimate of drug-likeness (QED) is 0.257. The summed E-state index contributed by atoms with van der Waals surface area (Å²) in [6.45, 7) is 4.71. The zero-order valence-corrected chi connectivity index (χ0v) is 14.9. The van der Waals surface area contributed by atoms with Crippen molar-refractivity contribution in [3.05, 3.63) is 51.6 Å². The van der Waals surface area contributed by atoms with E-state index in [9.17, 15) is 18.8 Å². The van der Waals surface area contributed by atoms with Crippen molar-refractivity contribution < 1.29 is 23.1 Å².